The van der Waals surface area contributed by atoms with Crippen LogP contribution in [0.3, 0.4) is 0 Å². The number of aromatic nitrogens is 1. The number of carbonyl (C=O) groups is 2. The van der Waals surface area contributed by atoms with E-state index >= 15 is 0 Å². The molecule has 1 atom stereocenters. The van der Waals surface area contributed by atoms with Crippen molar-refractivity contribution in [2.75, 3.05) is 18.9 Å². The molecule has 2 N–H and O–H groups in total. The predicted molar refractivity (Wildman–Crippen MR) is 92.2 cm³/mol. The first-order chi connectivity index (χ1) is 10.6. The highest BCUT2D eigenvalue weighted by Gasteiger charge is 2.25. The Morgan fingerprint density at radius 2 is 2.00 bits per heavy atom. The van der Waals surface area contributed by atoms with Crippen molar-refractivity contribution in [3.05, 3.63) is 23.9 Å². The highest BCUT2D eigenvalue weighted by Crippen LogP contribution is 2.09. The highest BCUT2D eigenvalue weighted by molar-refractivity contribution is 5.92. The molecular weight excluding hydrogens is 292 g/mol. The lowest BCUT2D eigenvalue weighted by Gasteiger charge is -2.29. The fraction of sp³-hybridized carbons (Fsp3) is 0.588. The van der Waals surface area contributed by atoms with E-state index in [9.17, 15) is 9.59 Å². The van der Waals surface area contributed by atoms with Gasteiger partial charge in [0.2, 0.25) is 11.8 Å². The van der Waals surface area contributed by atoms with E-state index in [1.165, 1.54) is 0 Å². The molecule has 2 amide bonds. The summed E-state index contributed by atoms with van der Waals surface area (Å²) in [6.07, 6.45) is 0.842. The van der Waals surface area contributed by atoms with Crippen LogP contribution in [0.15, 0.2) is 18.2 Å². The van der Waals surface area contributed by atoms with Gasteiger partial charge in [-0.3, -0.25) is 14.5 Å². The lowest BCUT2D eigenvalue weighted by Crippen LogP contribution is -2.52. The molecule has 0 aromatic carbocycles. The smallest absolute Gasteiger partial charge is 0.239 e. The summed E-state index contributed by atoms with van der Waals surface area (Å²) >= 11 is 0. The summed E-state index contributed by atoms with van der Waals surface area (Å²) < 4.78 is 0. The van der Waals surface area contributed by atoms with E-state index in [1.807, 2.05) is 39.8 Å². The van der Waals surface area contributed by atoms with Gasteiger partial charge in [-0.2, -0.15) is 0 Å². The fourth-order valence-corrected chi connectivity index (χ4v) is 1.88. The Kier molecular flexibility index (Phi) is 6.69. The van der Waals surface area contributed by atoms with Crippen LogP contribution < -0.4 is 10.6 Å². The molecule has 1 rings (SSSR count). The van der Waals surface area contributed by atoms with E-state index in [-0.39, 0.29) is 23.9 Å². The molecule has 6 heteroatoms. The van der Waals surface area contributed by atoms with E-state index in [2.05, 4.69) is 15.6 Å². The van der Waals surface area contributed by atoms with Crippen molar-refractivity contribution in [3.8, 4) is 0 Å². The number of anilines is 1. The van der Waals surface area contributed by atoms with Crippen LogP contribution in [-0.2, 0) is 9.59 Å². The molecule has 0 fully saturated rings. The lowest BCUT2D eigenvalue weighted by molar-refractivity contribution is -0.128. The van der Waals surface area contributed by atoms with Crippen molar-refractivity contribution in [2.45, 2.75) is 52.6 Å². The van der Waals surface area contributed by atoms with Gasteiger partial charge in [0.15, 0.2) is 0 Å². The van der Waals surface area contributed by atoms with Crippen molar-refractivity contribution < 1.29 is 9.59 Å². The van der Waals surface area contributed by atoms with Gasteiger partial charge in [-0.1, -0.05) is 13.0 Å². The van der Waals surface area contributed by atoms with E-state index in [4.69, 9.17) is 0 Å². The third kappa shape index (κ3) is 6.36. The van der Waals surface area contributed by atoms with Gasteiger partial charge >= 0.3 is 0 Å². The molecule has 0 aliphatic rings. The minimum atomic E-state index is -0.392. The fourth-order valence-electron chi connectivity index (χ4n) is 1.88. The van der Waals surface area contributed by atoms with E-state index in [1.54, 1.807) is 24.9 Å². The number of likely N-dealkylation sites (N-methyl/N-ethyl adjacent to an activating group) is 1. The number of amides is 2. The number of hydrogen-bond acceptors (Lipinski definition) is 4. The molecule has 0 unspecified atom stereocenters. The number of nitrogens with one attached hydrogen (secondary N) is 2. The van der Waals surface area contributed by atoms with E-state index in [0.29, 0.717) is 5.82 Å². The molecule has 23 heavy (non-hydrogen) atoms. The summed E-state index contributed by atoms with van der Waals surface area (Å²) in [5, 5.41) is 5.74. The highest BCUT2D eigenvalue weighted by atomic mass is 16.2. The number of aryl methyl sites for hydroxylation is 1. The predicted octanol–water partition coefficient (Wildman–Crippen LogP) is 1.95. The molecule has 128 valence electrons. The molecular formula is C17H28N4O2. The third-order valence-electron chi connectivity index (χ3n) is 3.93. The Labute approximate surface area is 138 Å². The summed E-state index contributed by atoms with van der Waals surface area (Å²) in [6.45, 7) is 9.76. The molecule has 1 aromatic rings. The molecule has 0 spiro atoms. The first-order valence-corrected chi connectivity index (χ1v) is 7.90. The van der Waals surface area contributed by atoms with Crippen LogP contribution in [0.5, 0.6) is 0 Å². The zero-order valence-electron chi connectivity index (χ0n) is 14.9. The largest absolute Gasteiger partial charge is 0.350 e. The van der Waals surface area contributed by atoms with Gasteiger partial charge in [0.1, 0.15) is 5.82 Å². The number of carbonyl (C=O) groups excluding carboxylic acids is 2. The van der Waals surface area contributed by atoms with E-state index < -0.39 is 6.04 Å². The monoisotopic (exact) mass is 320 g/mol. The minimum absolute atomic E-state index is 0.0826. The zero-order valence-corrected chi connectivity index (χ0v) is 14.9. The average molecular weight is 320 g/mol. The Morgan fingerprint density at radius 3 is 2.57 bits per heavy atom. The van der Waals surface area contributed by atoms with Crippen molar-refractivity contribution in [1.29, 1.82) is 0 Å². The van der Waals surface area contributed by atoms with Crippen LogP contribution in [-0.4, -0.2) is 46.9 Å². The van der Waals surface area contributed by atoms with Crippen LogP contribution in [0.25, 0.3) is 0 Å². The third-order valence-corrected chi connectivity index (χ3v) is 3.93. The van der Waals surface area contributed by atoms with Gasteiger partial charge in [0.25, 0.3) is 0 Å². The molecule has 1 heterocycles. The molecule has 6 nitrogen and oxygen atoms in total. The van der Waals surface area contributed by atoms with Gasteiger partial charge in [-0.15, -0.1) is 0 Å². The normalized spacial score (nSPS) is 12.8. The van der Waals surface area contributed by atoms with Gasteiger partial charge in [-0.25, -0.2) is 4.98 Å². The SMILES string of the molecule is CCC(C)(C)NC(=O)[C@H](C)N(C)CC(=O)Nc1cccc(C)n1. The average Bonchev–Trinajstić information content (AvgIpc) is 2.45. The van der Waals surface area contributed by atoms with Crippen molar-refractivity contribution in [2.24, 2.45) is 0 Å². The maximum Gasteiger partial charge on any atom is 0.239 e. The molecule has 0 saturated carbocycles. The number of nitrogens with zero attached hydrogens (tertiary/aromatic N) is 2. The van der Waals surface area contributed by atoms with Crippen LogP contribution in [0, 0.1) is 6.92 Å². The Balaban J connectivity index is 2.55. The summed E-state index contributed by atoms with van der Waals surface area (Å²) in [5.41, 5.74) is 0.589. The standard InChI is InChI=1S/C17H28N4O2/c1-7-17(4,5)20-16(23)13(3)21(6)11-15(22)19-14-10-8-9-12(2)18-14/h8-10,13H,7,11H2,1-6H3,(H,20,23)(H,18,19,22)/t13-/m0/s1. The number of hydrogen-bond donors (Lipinski definition) is 2. The molecule has 0 bridgehead atoms. The lowest BCUT2D eigenvalue weighted by atomic mass is 10.0. The summed E-state index contributed by atoms with van der Waals surface area (Å²) in [6, 6.07) is 5.05. The maximum atomic E-state index is 12.2. The van der Waals surface area contributed by atoms with Crippen molar-refractivity contribution in [1.82, 2.24) is 15.2 Å². The molecule has 0 aliphatic carbocycles. The van der Waals surface area contributed by atoms with Gasteiger partial charge < -0.3 is 10.6 Å². The second-order valence-electron chi connectivity index (χ2n) is 6.53. The van der Waals surface area contributed by atoms with Crippen LogP contribution in [0.1, 0.15) is 39.8 Å². The Hall–Kier alpha value is -1.95. The second kappa shape index (κ2) is 8.06. The summed E-state index contributed by atoms with van der Waals surface area (Å²) in [5.74, 6) is 0.244. The maximum absolute atomic E-state index is 12.2. The molecule has 0 aliphatic heterocycles. The van der Waals surface area contributed by atoms with Crippen LogP contribution in [0.4, 0.5) is 5.82 Å². The first kappa shape index (κ1) is 19.1. The minimum Gasteiger partial charge on any atom is -0.350 e. The molecule has 0 saturated heterocycles. The topological polar surface area (TPSA) is 74.3 Å². The van der Waals surface area contributed by atoms with Crippen molar-refractivity contribution in [3.63, 3.8) is 0 Å². The summed E-state index contributed by atoms with van der Waals surface area (Å²) in [4.78, 5) is 30.3. The zero-order chi connectivity index (χ0) is 17.6. The van der Waals surface area contributed by atoms with Gasteiger partial charge in [-0.05, 0) is 53.3 Å². The van der Waals surface area contributed by atoms with Gasteiger partial charge in [0, 0.05) is 11.2 Å². The molecule has 1 aromatic heterocycles. The number of rotatable bonds is 7. The first-order valence-electron chi connectivity index (χ1n) is 7.90. The molecule has 0 radical (unpaired) electrons. The van der Waals surface area contributed by atoms with E-state index in [0.717, 1.165) is 12.1 Å². The quantitative estimate of drug-likeness (QED) is 0.805. The van der Waals surface area contributed by atoms with Crippen LogP contribution >= 0.6 is 0 Å². The second-order valence-corrected chi connectivity index (χ2v) is 6.53. The van der Waals surface area contributed by atoms with Crippen LogP contribution in [0.2, 0.25) is 0 Å². The summed E-state index contributed by atoms with van der Waals surface area (Å²) in [7, 11) is 1.76. The van der Waals surface area contributed by atoms with Crippen molar-refractivity contribution >= 4 is 17.6 Å². The Morgan fingerprint density at radius 1 is 1.35 bits per heavy atom. The Bertz CT molecular complexity index is 557. The number of pyridine rings is 1. The van der Waals surface area contributed by atoms with Gasteiger partial charge in [0.05, 0.1) is 12.6 Å².